The molecule has 1 aromatic rings. The Morgan fingerprint density at radius 3 is 2.81 bits per heavy atom. The summed E-state index contributed by atoms with van der Waals surface area (Å²) in [5, 5.41) is 9.92. The predicted octanol–water partition coefficient (Wildman–Crippen LogP) is 4.38. The molecule has 26 heavy (non-hydrogen) atoms. The molecule has 1 saturated carbocycles. The van der Waals surface area contributed by atoms with Crippen molar-refractivity contribution in [3.05, 3.63) is 89.6 Å². The smallest absolute Gasteiger partial charge is 0.317 e. The number of hydrogen-bond acceptors (Lipinski definition) is 3. The molecule has 0 heterocycles. The van der Waals surface area contributed by atoms with E-state index in [0.29, 0.717) is 5.57 Å². The van der Waals surface area contributed by atoms with Crippen LogP contribution in [0.5, 0.6) is 0 Å². The first-order chi connectivity index (χ1) is 12.7. The van der Waals surface area contributed by atoms with Gasteiger partial charge in [-0.25, -0.2) is 0 Å². The van der Waals surface area contributed by atoms with Crippen molar-refractivity contribution >= 4 is 11.5 Å². The van der Waals surface area contributed by atoms with E-state index in [-0.39, 0.29) is 17.8 Å². The number of nitrogens with zero attached hydrogens (tertiary/aromatic N) is 1. The van der Waals surface area contributed by atoms with E-state index in [1.807, 2.05) is 54.6 Å². The maximum atomic E-state index is 13.1. The Kier molecular flexibility index (Phi) is 3.77. The van der Waals surface area contributed by atoms with E-state index in [2.05, 4.69) is 18.7 Å². The van der Waals surface area contributed by atoms with Crippen molar-refractivity contribution in [3.63, 3.8) is 0 Å². The third-order valence-electron chi connectivity index (χ3n) is 5.78. The molecule has 0 N–H and O–H groups in total. The molecule has 1 fully saturated rings. The molecule has 0 saturated heterocycles. The number of esters is 1. The van der Waals surface area contributed by atoms with Crippen LogP contribution in [0.2, 0.25) is 0 Å². The molecule has 3 nitrogen and oxygen atoms in total. The number of carbonyl (C=O) groups excluding carboxylic acids is 1. The molecular weight excluding hydrogens is 322 g/mol. The van der Waals surface area contributed by atoms with Crippen molar-refractivity contribution in [2.24, 2.45) is 17.3 Å². The molecule has 0 bridgehead atoms. The van der Waals surface area contributed by atoms with Crippen LogP contribution in [0.1, 0.15) is 12.0 Å². The molecular formula is C23H19NO2. The summed E-state index contributed by atoms with van der Waals surface area (Å²) < 4.78 is 5.26. The van der Waals surface area contributed by atoms with Crippen LogP contribution in [0, 0.1) is 28.6 Å². The monoisotopic (exact) mass is 341 g/mol. The number of hydrogen-bond donors (Lipinski definition) is 0. The summed E-state index contributed by atoms with van der Waals surface area (Å²) in [6, 6.07) is 12.1. The lowest BCUT2D eigenvalue weighted by Gasteiger charge is -2.39. The van der Waals surface area contributed by atoms with Crippen LogP contribution in [0.25, 0.3) is 5.57 Å². The van der Waals surface area contributed by atoms with Crippen LogP contribution in [0.4, 0.5) is 0 Å². The molecule has 3 aliphatic carbocycles. The zero-order valence-corrected chi connectivity index (χ0v) is 14.6. The molecule has 3 heteroatoms. The van der Waals surface area contributed by atoms with Gasteiger partial charge in [0.1, 0.15) is 11.5 Å². The number of rotatable bonds is 3. The van der Waals surface area contributed by atoms with Crippen LogP contribution in [0.3, 0.4) is 0 Å². The molecule has 4 rings (SSSR count). The third-order valence-corrected chi connectivity index (χ3v) is 5.78. The van der Waals surface area contributed by atoms with Crippen LogP contribution in [-0.2, 0) is 9.53 Å². The second-order valence-electron chi connectivity index (χ2n) is 6.87. The summed E-state index contributed by atoms with van der Waals surface area (Å²) in [4.78, 5) is 13.1. The van der Waals surface area contributed by atoms with E-state index in [1.54, 1.807) is 0 Å². The van der Waals surface area contributed by atoms with Gasteiger partial charge in [0.05, 0.1) is 12.7 Å². The van der Waals surface area contributed by atoms with Gasteiger partial charge in [-0.05, 0) is 23.1 Å². The highest BCUT2D eigenvalue weighted by Crippen LogP contribution is 2.61. The van der Waals surface area contributed by atoms with Crippen molar-refractivity contribution in [1.29, 1.82) is 5.26 Å². The molecule has 0 aromatic heterocycles. The summed E-state index contributed by atoms with van der Waals surface area (Å²) in [6.07, 6.45) is 10.6. The second kappa shape index (κ2) is 6.00. The maximum absolute atomic E-state index is 13.1. The van der Waals surface area contributed by atoms with Crippen molar-refractivity contribution < 1.29 is 9.53 Å². The third kappa shape index (κ3) is 2.02. The number of allylic oxidation sites excluding steroid dienone is 8. The number of nitriles is 1. The summed E-state index contributed by atoms with van der Waals surface area (Å²) >= 11 is 0. The Labute approximate surface area is 153 Å². The van der Waals surface area contributed by atoms with Crippen LogP contribution in [-0.4, -0.2) is 13.1 Å². The lowest BCUT2D eigenvalue weighted by atomic mass is 9.62. The Hall–Kier alpha value is -3.12. The highest BCUT2D eigenvalue weighted by molar-refractivity contribution is 5.94. The van der Waals surface area contributed by atoms with Gasteiger partial charge in [0.15, 0.2) is 0 Å². The molecule has 3 atom stereocenters. The lowest BCUT2D eigenvalue weighted by molar-refractivity contribution is -0.152. The Morgan fingerprint density at radius 1 is 1.38 bits per heavy atom. The molecule has 128 valence electrons. The highest BCUT2D eigenvalue weighted by Gasteiger charge is 2.59. The van der Waals surface area contributed by atoms with E-state index < -0.39 is 5.41 Å². The maximum Gasteiger partial charge on any atom is 0.317 e. The standard InChI is InChI=1S/C23H19NO2/c1-3-17-12-16-10-7-11-18-20(14-24)19(15-8-5-4-6-9-15)13-23(17,21(16)18)22(25)26-2/h3-11,13,17,21H,1,12H2,2H3/t17-,21+,23+/m1/s1. The second-order valence-corrected chi connectivity index (χ2v) is 6.87. The minimum atomic E-state index is -0.853. The number of methoxy groups -OCH3 is 1. The van der Waals surface area contributed by atoms with Crippen LogP contribution in [0.15, 0.2) is 84.0 Å². The number of carbonyl (C=O) groups is 1. The first-order valence-electron chi connectivity index (χ1n) is 8.68. The Morgan fingerprint density at radius 2 is 2.15 bits per heavy atom. The highest BCUT2D eigenvalue weighted by atomic mass is 16.5. The Balaban J connectivity index is 2.06. The summed E-state index contributed by atoms with van der Waals surface area (Å²) in [7, 11) is 1.43. The average Bonchev–Trinajstić information content (AvgIpc) is 3.03. The quantitative estimate of drug-likeness (QED) is 0.605. The molecule has 0 spiro atoms. The van der Waals surface area contributed by atoms with Gasteiger partial charge in [-0.2, -0.15) is 5.26 Å². The summed E-state index contributed by atoms with van der Waals surface area (Å²) in [6.45, 7) is 3.98. The molecule has 0 radical (unpaired) electrons. The van der Waals surface area contributed by atoms with E-state index >= 15 is 0 Å². The fourth-order valence-corrected chi connectivity index (χ4v) is 4.69. The molecule has 1 aromatic carbocycles. The molecule has 0 amide bonds. The van der Waals surface area contributed by atoms with Gasteiger partial charge in [-0.1, -0.05) is 66.3 Å². The Bertz CT molecular complexity index is 956. The largest absolute Gasteiger partial charge is 0.468 e. The van der Waals surface area contributed by atoms with E-state index in [9.17, 15) is 10.1 Å². The van der Waals surface area contributed by atoms with Gasteiger partial charge < -0.3 is 4.74 Å². The fraction of sp³-hybridized carbons (Fsp3) is 0.217. The van der Waals surface area contributed by atoms with E-state index in [4.69, 9.17) is 4.74 Å². The first kappa shape index (κ1) is 16.4. The van der Waals surface area contributed by atoms with Crippen LogP contribution >= 0.6 is 0 Å². The van der Waals surface area contributed by atoms with Crippen LogP contribution < -0.4 is 0 Å². The van der Waals surface area contributed by atoms with Gasteiger partial charge in [-0.15, -0.1) is 6.58 Å². The summed E-state index contributed by atoms with van der Waals surface area (Å²) in [5.41, 5.74) is 3.57. The van der Waals surface area contributed by atoms with Gasteiger partial charge in [0.2, 0.25) is 0 Å². The van der Waals surface area contributed by atoms with Gasteiger partial charge in [0.25, 0.3) is 0 Å². The topological polar surface area (TPSA) is 50.1 Å². The van der Waals surface area contributed by atoms with Gasteiger partial charge >= 0.3 is 5.97 Å². The zero-order valence-electron chi connectivity index (χ0n) is 14.6. The average molecular weight is 341 g/mol. The van der Waals surface area contributed by atoms with E-state index in [1.165, 1.54) is 7.11 Å². The minimum absolute atomic E-state index is 0.0694. The van der Waals surface area contributed by atoms with Crippen molar-refractivity contribution in [3.8, 4) is 6.07 Å². The SMILES string of the molecule is C=C[C@@H]1CC2=CC=CC3=C(C#N)C(c4ccccc4)=C[C@@]1(C(=O)OC)[C@@H]23. The first-order valence-corrected chi connectivity index (χ1v) is 8.68. The lowest BCUT2D eigenvalue weighted by Crippen LogP contribution is -2.42. The minimum Gasteiger partial charge on any atom is -0.468 e. The fourth-order valence-electron chi connectivity index (χ4n) is 4.69. The number of benzene rings is 1. The normalized spacial score (nSPS) is 28.6. The molecule has 0 unspecified atom stereocenters. The van der Waals surface area contributed by atoms with Crippen molar-refractivity contribution in [1.82, 2.24) is 0 Å². The van der Waals surface area contributed by atoms with Gasteiger partial charge in [-0.3, -0.25) is 4.79 Å². The van der Waals surface area contributed by atoms with Crippen molar-refractivity contribution in [2.75, 3.05) is 7.11 Å². The number of ether oxygens (including phenoxy) is 1. The molecule has 3 aliphatic rings. The predicted molar refractivity (Wildman–Crippen MR) is 101 cm³/mol. The summed E-state index contributed by atoms with van der Waals surface area (Å²) in [5.74, 6) is -0.501. The van der Waals surface area contributed by atoms with Crippen molar-refractivity contribution in [2.45, 2.75) is 6.42 Å². The van der Waals surface area contributed by atoms with E-state index in [0.717, 1.165) is 28.7 Å². The zero-order chi connectivity index (χ0) is 18.3. The molecule has 0 aliphatic heterocycles. The van der Waals surface area contributed by atoms with Gasteiger partial charge in [0, 0.05) is 11.8 Å².